The molecule has 14 heavy (non-hydrogen) atoms. The summed E-state index contributed by atoms with van der Waals surface area (Å²) in [5.41, 5.74) is 7.86. The first-order valence-electron chi connectivity index (χ1n) is 4.99. The van der Waals surface area contributed by atoms with E-state index in [0.29, 0.717) is 0 Å². The summed E-state index contributed by atoms with van der Waals surface area (Å²) in [6.07, 6.45) is 6.49. The van der Waals surface area contributed by atoms with Crippen LogP contribution in [0.3, 0.4) is 0 Å². The number of hydrogen-bond acceptors (Lipinski definition) is 0. The van der Waals surface area contributed by atoms with Gasteiger partial charge in [0.2, 0.25) is 0 Å². The summed E-state index contributed by atoms with van der Waals surface area (Å²) in [7, 11) is 0. The molecule has 2 aliphatic carbocycles. The molecular formula is C14H12. The van der Waals surface area contributed by atoms with Gasteiger partial charge in [0.15, 0.2) is 0 Å². The highest BCUT2D eigenvalue weighted by Gasteiger charge is 2.22. The molecule has 0 spiro atoms. The lowest BCUT2D eigenvalue weighted by atomic mass is 9.95. The Morgan fingerprint density at radius 3 is 2.64 bits per heavy atom. The third-order valence-electron chi connectivity index (χ3n) is 3.16. The molecule has 0 N–H and O–H groups in total. The molecule has 0 saturated carbocycles. The lowest BCUT2D eigenvalue weighted by Gasteiger charge is -2.08. The van der Waals surface area contributed by atoms with Gasteiger partial charge in [-0.3, -0.25) is 0 Å². The molecule has 0 unspecified atom stereocenters. The van der Waals surface area contributed by atoms with Crippen molar-refractivity contribution in [3.8, 4) is 0 Å². The van der Waals surface area contributed by atoms with Crippen molar-refractivity contribution in [2.75, 3.05) is 0 Å². The number of rotatable bonds is 0. The van der Waals surface area contributed by atoms with E-state index in [-0.39, 0.29) is 0 Å². The van der Waals surface area contributed by atoms with Crippen LogP contribution in [0.1, 0.15) is 28.7 Å². The number of benzene rings is 1. The largest absolute Gasteiger partial charge is 0.0952 e. The number of aryl methyl sites for hydroxylation is 1. The Hall–Kier alpha value is -1.56. The maximum Gasteiger partial charge on any atom is -0.00395 e. The average Bonchev–Trinajstić information content (AvgIpc) is 2.72. The Labute approximate surface area is 84.3 Å². The van der Waals surface area contributed by atoms with Gasteiger partial charge in [0, 0.05) is 0 Å². The van der Waals surface area contributed by atoms with Gasteiger partial charge >= 0.3 is 0 Å². The van der Waals surface area contributed by atoms with Gasteiger partial charge in [-0.25, -0.2) is 0 Å². The summed E-state index contributed by atoms with van der Waals surface area (Å²) in [5, 5.41) is 0. The molecule has 0 heterocycles. The van der Waals surface area contributed by atoms with Gasteiger partial charge in [0.1, 0.15) is 0 Å². The third kappa shape index (κ3) is 0.832. The fourth-order valence-corrected chi connectivity index (χ4v) is 2.44. The molecule has 0 atom stereocenters. The van der Waals surface area contributed by atoms with Crippen LogP contribution in [-0.4, -0.2) is 0 Å². The van der Waals surface area contributed by atoms with Crippen LogP contribution in [0, 0.1) is 0 Å². The second-order valence-electron chi connectivity index (χ2n) is 4.03. The van der Waals surface area contributed by atoms with E-state index in [2.05, 4.69) is 37.4 Å². The summed E-state index contributed by atoms with van der Waals surface area (Å²) in [5.74, 6) is 0. The van der Waals surface area contributed by atoms with Crippen LogP contribution in [0.15, 0.2) is 31.4 Å². The number of hydrogen-bond donors (Lipinski definition) is 0. The molecule has 2 aliphatic rings. The van der Waals surface area contributed by atoms with E-state index in [1.54, 1.807) is 0 Å². The Morgan fingerprint density at radius 2 is 1.79 bits per heavy atom. The van der Waals surface area contributed by atoms with Crippen LogP contribution in [0.4, 0.5) is 0 Å². The van der Waals surface area contributed by atoms with E-state index in [9.17, 15) is 0 Å². The minimum Gasteiger partial charge on any atom is -0.0952 e. The Bertz CT molecular complexity index is 487. The molecule has 0 nitrogen and oxygen atoms in total. The lowest BCUT2D eigenvalue weighted by molar-refractivity contribution is 1.08. The van der Waals surface area contributed by atoms with Gasteiger partial charge in [-0.15, -0.1) is 0 Å². The van der Waals surface area contributed by atoms with Crippen LogP contribution in [-0.2, 0) is 6.42 Å². The summed E-state index contributed by atoms with van der Waals surface area (Å²) in [4.78, 5) is 0. The highest BCUT2D eigenvalue weighted by molar-refractivity contribution is 5.95. The summed E-state index contributed by atoms with van der Waals surface area (Å²) < 4.78 is 0. The van der Waals surface area contributed by atoms with E-state index in [1.807, 2.05) is 0 Å². The van der Waals surface area contributed by atoms with E-state index < -0.39 is 0 Å². The Balaban J connectivity index is 2.37. The highest BCUT2D eigenvalue weighted by Crippen LogP contribution is 2.41. The molecule has 0 radical (unpaired) electrons. The van der Waals surface area contributed by atoms with Crippen molar-refractivity contribution in [1.29, 1.82) is 0 Å². The Morgan fingerprint density at radius 1 is 0.929 bits per heavy atom. The van der Waals surface area contributed by atoms with E-state index in [4.69, 9.17) is 0 Å². The highest BCUT2D eigenvalue weighted by atomic mass is 14.3. The van der Waals surface area contributed by atoms with Gasteiger partial charge in [0.25, 0.3) is 0 Å². The fourth-order valence-electron chi connectivity index (χ4n) is 2.44. The first-order valence-corrected chi connectivity index (χ1v) is 4.99. The van der Waals surface area contributed by atoms with E-state index in [1.165, 1.54) is 27.8 Å². The summed E-state index contributed by atoms with van der Waals surface area (Å²) >= 11 is 0. The van der Waals surface area contributed by atoms with Crippen molar-refractivity contribution in [2.45, 2.75) is 12.8 Å². The van der Waals surface area contributed by atoms with Crippen LogP contribution in [0.2, 0.25) is 0 Å². The predicted octanol–water partition coefficient (Wildman–Crippen LogP) is 3.69. The van der Waals surface area contributed by atoms with E-state index in [0.717, 1.165) is 18.4 Å². The smallest absolute Gasteiger partial charge is 0.00395 e. The molecule has 68 valence electrons. The minimum absolute atomic E-state index is 1.11. The SMILES string of the molecule is C=C1C=Cc2ccc3c(c21)C(=C)CC3. The first-order chi connectivity index (χ1) is 6.77. The van der Waals surface area contributed by atoms with Crippen LogP contribution >= 0.6 is 0 Å². The average molecular weight is 180 g/mol. The Kier molecular flexibility index (Phi) is 1.38. The van der Waals surface area contributed by atoms with Crippen molar-refractivity contribution in [3.05, 3.63) is 53.6 Å². The molecular weight excluding hydrogens is 168 g/mol. The van der Waals surface area contributed by atoms with Crippen molar-refractivity contribution in [3.63, 3.8) is 0 Å². The molecule has 0 amide bonds. The topological polar surface area (TPSA) is 0 Å². The molecule has 0 saturated heterocycles. The molecule has 0 heteroatoms. The summed E-state index contributed by atoms with van der Waals surface area (Å²) in [6, 6.07) is 4.43. The lowest BCUT2D eigenvalue weighted by Crippen LogP contribution is -1.90. The second kappa shape index (κ2) is 2.48. The fraction of sp³-hybridized carbons (Fsp3) is 0.143. The maximum atomic E-state index is 4.14. The molecule has 1 aromatic carbocycles. The standard InChI is InChI=1S/C14H12/c1-9-3-5-11-7-8-12-6-4-10(2)14(12)13(9)11/h3,5,7-8H,1-2,4,6H2. The third-order valence-corrected chi connectivity index (χ3v) is 3.16. The number of allylic oxidation sites excluding steroid dienone is 3. The normalized spacial score (nSPS) is 17.4. The van der Waals surface area contributed by atoms with Gasteiger partial charge in [-0.05, 0) is 46.2 Å². The summed E-state index contributed by atoms with van der Waals surface area (Å²) in [6.45, 7) is 8.22. The molecule has 0 aromatic heterocycles. The monoisotopic (exact) mass is 180 g/mol. The van der Waals surface area contributed by atoms with E-state index >= 15 is 0 Å². The van der Waals surface area contributed by atoms with Gasteiger partial charge in [-0.1, -0.05) is 37.4 Å². The van der Waals surface area contributed by atoms with Crippen molar-refractivity contribution in [1.82, 2.24) is 0 Å². The quantitative estimate of drug-likeness (QED) is 0.571. The molecule has 0 fully saturated rings. The van der Waals surface area contributed by atoms with Gasteiger partial charge < -0.3 is 0 Å². The first kappa shape index (κ1) is 7.81. The van der Waals surface area contributed by atoms with Gasteiger partial charge in [-0.2, -0.15) is 0 Å². The minimum atomic E-state index is 1.11. The van der Waals surface area contributed by atoms with Crippen LogP contribution < -0.4 is 0 Å². The zero-order chi connectivity index (χ0) is 9.71. The van der Waals surface area contributed by atoms with Crippen LogP contribution in [0.5, 0.6) is 0 Å². The zero-order valence-electron chi connectivity index (χ0n) is 8.14. The molecule has 1 aromatic rings. The van der Waals surface area contributed by atoms with Crippen LogP contribution in [0.25, 0.3) is 17.2 Å². The number of fused-ring (bicyclic) bond motifs is 3. The van der Waals surface area contributed by atoms with Crippen molar-refractivity contribution < 1.29 is 0 Å². The van der Waals surface area contributed by atoms with Gasteiger partial charge in [0.05, 0.1) is 0 Å². The molecule has 3 rings (SSSR count). The second-order valence-corrected chi connectivity index (χ2v) is 4.03. The predicted molar refractivity (Wildman–Crippen MR) is 61.9 cm³/mol. The molecule has 0 aliphatic heterocycles. The molecule has 0 bridgehead atoms. The maximum absolute atomic E-state index is 4.14. The zero-order valence-corrected chi connectivity index (χ0v) is 8.14. The van der Waals surface area contributed by atoms with Crippen molar-refractivity contribution in [2.24, 2.45) is 0 Å². The van der Waals surface area contributed by atoms with Crippen molar-refractivity contribution >= 4 is 17.2 Å².